The van der Waals surface area contributed by atoms with Gasteiger partial charge in [-0.2, -0.15) is 0 Å². The lowest BCUT2D eigenvalue weighted by Crippen LogP contribution is -2.32. The molecule has 1 aromatic heterocycles. The van der Waals surface area contributed by atoms with E-state index >= 15 is 0 Å². The van der Waals surface area contributed by atoms with E-state index in [9.17, 15) is 4.79 Å². The summed E-state index contributed by atoms with van der Waals surface area (Å²) in [5, 5.41) is 3.09. The van der Waals surface area contributed by atoms with Crippen molar-refractivity contribution < 1.29 is 4.79 Å². The zero-order valence-corrected chi connectivity index (χ0v) is 7.10. The first-order chi connectivity index (χ1) is 5.29. The van der Waals surface area contributed by atoms with E-state index in [0.717, 1.165) is 5.01 Å². The summed E-state index contributed by atoms with van der Waals surface area (Å²) in [4.78, 5) is 15.1. The molecule has 1 heterocycles. The Kier molecular flexibility index (Phi) is 1.53. The SMILES string of the molecule is CC1C(=O)CC1c1nccs1. The van der Waals surface area contributed by atoms with Crippen LogP contribution < -0.4 is 0 Å². The van der Waals surface area contributed by atoms with Crippen molar-refractivity contribution >= 4 is 17.1 Å². The van der Waals surface area contributed by atoms with E-state index < -0.39 is 0 Å². The molecule has 1 aliphatic carbocycles. The second kappa shape index (κ2) is 2.41. The number of Topliss-reactive ketones (excluding diaryl/α,β-unsaturated/α-hetero) is 1. The fraction of sp³-hybridized carbons (Fsp3) is 0.500. The molecule has 2 atom stereocenters. The van der Waals surface area contributed by atoms with Crippen LogP contribution in [0.3, 0.4) is 0 Å². The highest BCUT2D eigenvalue weighted by Gasteiger charge is 2.38. The van der Waals surface area contributed by atoms with Crippen molar-refractivity contribution in [3.05, 3.63) is 16.6 Å². The molecule has 3 heteroatoms. The normalized spacial score (nSPS) is 30.1. The second-order valence-corrected chi connectivity index (χ2v) is 3.86. The molecule has 2 nitrogen and oxygen atoms in total. The van der Waals surface area contributed by atoms with Crippen LogP contribution in [0.1, 0.15) is 24.3 Å². The third kappa shape index (κ3) is 0.997. The number of nitrogens with zero attached hydrogens (tertiary/aromatic N) is 1. The third-order valence-electron chi connectivity index (χ3n) is 2.30. The summed E-state index contributed by atoms with van der Waals surface area (Å²) in [6.45, 7) is 1.98. The smallest absolute Gasteiger partial charge is 0.137 e. The van der Waals surface area contributed by atoms with Crippen LogP contribution in [0.15, 0.2) is 11.6 Å². The van der Waals surface area contributed by atoms with E-state index in [2.05, 4.69) is 4.98 Å². The fourth-order valence-electron chi connectivity index (χ4n) is 1.36. The van der Waals surface area contributed by atoms with Crippen molar-refractivity contribution in [1.29, 1.82) is 0 Å². The van der Waals surface area contributed by atoms with Gasteiger partial charge in [0.15, 0.2) is 0 Å². The van der Waals surface area contributed by atoms with Gasteiger partial charge in [-0.1, -0.05) is 6.92 Å². The van der Waals surface area contributed by atoms with Crippen LogP contribution in [0.25, 0.3) is 0 Å². The van der Waals surface area contributed by atoms with Gasteiger partial charge in [0, 0.05) is 29.8 Å². The van der Waals surface area contributed by atoms with E-state index in [0.29, 0.717) is 18.1 Å². The van der Waals surface area contributed by atoms with E-state index in [1.165, 1.54) is 0 Å². The van der Waals surface area contributed by atoms with E-state index in [-0.39, 0.29) is 5.92 Å². The molecule has 2 unspecified atom stereocenters. The topological polar surface area (TPSA) is 30.0 Å². The highest BCUT2D eigenvalue weighted by atomic mass is 32.1. The van der Waals surface area contributed by atoms with Gasteiger partial charge in [-0.15, -0.1) is 11.3 Å². The van der Waals surface area contributed by atoms with Gasteiger partial charge in [-0.05, 0) is 0 Å². The monoisotopic (exact) mass is 167 g/mol. The number of hydrogen-bond donors (Lipinski definition) is 0. The first kappa shape index (κ1) is 6.98. The average molecular weight is 167 g/mol. The number of carbonyl (C=O) groups is 1. The molecule has 2 rings (SSSR count). The summed E-state index contributed by atoms with van der Waals surface area (Å²) in [5.41, 5.74) is 0. The Labute approximate surface area is 69.3 Å². The lowest BCUT2D eigenvalue weighted by atomic mass is 9.74. The van der Waals surface area contributed by atoms with Gasteiger partial charge >= 0.3 is 0 Å². The molecule has 58 valence electrons. The molecule has 0 spiro atoms. The maximum Gasteiger partial charge on any atom is 0.137 e. The summed E-state index contributed by atoms with van der Waals surface area (Å²) in [6.07, 6.45) is 2.50. The quantitative estimate of drug-likeness (QED) is 0.638. The predicted molar refractivity (Wildman–Crippen MR) is 43.6 cm³/mol. The first-order valence-electron chi connectivity index (χ1n) is 3.71. The maximum atomic E-state index is 10.9. The van der Waals surface area contributed by atoms with Crippen LogP contribution in [0.4, 0.5) is 0 Å². The Morgan fingerprint density at radius 2 is 2.55 bits per heavy atom. The van der Waals surface area contributed by atoms with Crippen molar-refractivity contribution in [2.24, 2.45) is 5.92 Å². The largest absolute Gasteiger partial charge is 0.299 e. The molecule has 0 radical (unpaired) electrons. The molecule has 1 aromatic rings. The van der Waals surface area contributed by atoms with Gasteiger partial charge in [0.25, 0.3) is 0 Å². The lowest BCUT2D eigenvalue weighted by Gasteiger charge is -2.30. The Hall–Kier alpha value is -0.700. The number of thiazole rings is 1. The number of carbonyl (C=O) groups excluding carboxylic acids is 1. The third-order valence-corrected chi connectivity index (χ3v) is 3.21. The van der Waals surface area contributed by atoms with Gasteiger partial charge in [0.1, 0.15) is 5.78 Å². The van der Waals surface area contributed by atoms with Crippen LogP contribution >= 0.6 is 11.3 Å². The van der Waals surface area contributed by atoms with Crippen molar-refractivity contribution in [3.8, 4) is 0 Å². The van der Waals surface area contributed by atoms with E-state index in [1.807, 2.05) is 12.3 Å². The van der Waals surface area contributed by atoms with Crippen LogP contribution in [0, 0.1) is 5.92 Å². The number of rotatable bonds is 1. The minimum Gasteiger partial charge on any atom is -0.299 e. The zero-order chi connectivity index (χ0) is 7.84. The molecular formula is C8H9NOS. The minimum absolute atomic E-state index is 0.209. The Morgan fingerprint density at radius 3 is 3.00 bits per heavy atom. The van der Waals surface area contributed by atoms with Gasteiger partial charge in [0.05, 0.1) is 5.01 Å². The second-order valence-electron chi connectivity index (χ2n) is 2.94. The van der Waals surface area contributed by atoms with E-state index in [1.54, 1.807) is 17.5 Å². The summed E-state index contributed by atoms with van der Waals surface area (Å²) < 4.78 is 0. The van der Waals surface area contributed by atoms with Gasteiger partial charge in [0.2, 0.25) is 0 Å². The Morgan fingerprint density at radius 1 is 1.73 bits per heavy atom. The Bertz CT molecular complexity index is 268. The van der Waals surface area contributed by atoms with Crippen molar-refractivity contribution in [3.63, 3.8) is 0 Å². The van der Waals surface area contributed by atoms with Crippen LogP contribution in [-0.2, 0) is 4.79 Å². The van der Waals surface area contributed by atoms with Crippen molar-refractivity contribution in [2.45, 2.75) is 19.3 Å². The number of ketones is 1. The van der Waals surface area contributed by atoms with Crippen molar-refractivity contribution in [1.82, 2.24) is 4.98 Å². The zero-order valence-electron chi connectivity index (χ0n) is 6.28. The summed E-state index contributed by atoms with van der Waals surface area (Å²) in [6, 6.07) is 0. The maximum absolute atomic E-state index is 10.9. The summed E-state index contributed by atoms with van der Waals surface area (Å²) in [7, 11) is 0. The molecule has 11 heavy (non-hydrogen) atoms. The average Bonchev–Trinajstić information content (AvgIpc) is 2.51. The summed E-state index contributed by atoms with van der Waals surface area (Å²) >= 11 is 1.65. The molecular weight excluding hydrogens is 158 g/mol. The molecule has 0 N–H and O–H groups in total. The lowest BCUT2D eigenvalue weighted by molar-refractivity contribution is -0.130. The highest BCUT2D eigenvalue weighted by molar-refractivity contribution is 7.09. The molecule has 0 bridgehead atoms. The van der Waals surface area contributed by atoms with E-state index in [4.69, 9.17) is 0 Å². The molecule has 1 fully saturated rings. The first-order valence-corrected chi connectivity index (χ1v) is 4.59. The summed E-state index contributed by atoms with van der Waals surface area (Å²) in [5.74, 6) is 1.01. The number of hydrogen-bond acceptors (Lipinski definition) is 3. The van der Waals surface area contributed by atoms with Gasteiger partial charge in [-0.3, -0.25) is 4.79 Å². The van der Waals surface area contributed by atoms with Crippen LogP contribution in [-0.4, -0.2) is 10.8 Å². The molecule has 0 aromatic carbocycles. The standard InChI is InChI=1S/C8H9NOS/c1-5-6(4-7(5)10)8-9-2-3-11-8/h2-3,5-6H,4H2,1H3. The highest BCUT2D eigenvalue weighted by Crippen LogP contribution is 2.39. The Balaban J connectivity index is 2.15. The predicted octanol–water partition coefficient (Wildman–Crippen LogP) is 1.84. The molecule has 0 saturated heterocycles. The van der Waals surface area contributed by atoms with Crippen LogP contribution in [0.2, 0.25) is 0 Å². The molecule has 0 amide bonds. The number of aromatic nitrogens is 1. The minimum atomic E-state index is 0.209. The molecule has 1 saturated carbocycles. The fourth-order valence-corrected chi connectivity index (χ4v) is 2.21. The van der Waals surface area contributed by atoms with Gasteiger partial charge < -0.3 is 0 Å². The van der Waals surface area contributed by atoms with Crippen LogP contribution in [0.5, 0.6) is 0 Å². The molecule has 0 aliphatic heterocycles. The molecule has 1 aliphatic rings. The van der Waals surface area contributed by atoms with Crippen molar-refractivity contribution in [2.75, 3.05) is 0 Å². The van der Waals surface area contributed by atoms with Gasteiger partial charge in [-0.25, -0.2) is 4.98 Å².